The molecule has 3 heterocycles. The molecule has 0 unspecified atom stereocenters. The number of piperidine rings is 1. The first kappa shape index (κ1) is 25.2. The molecule has 35 heavy (non-hydrogen) atoms. The number of carbonyl (C=O) groups is 1. The number of aryl methyl sites for hydroxylation is 1. The van der Waals surface area contributed by atoms with Crippen LogP contribution in [0.5, 0.6) is 0 Å². The molecule has 1 saturated heterocycles. The van der Waals surface area contributed by atoms with Gasteiger partial charge in [0.2, 0.25) is 0 Å². The molecule has 1 aromatic carbocycles. The van der Waals surface area contributed by atoms with E-state index in [2.05, 4.69) is 82.7 Å². The van der Waals surface area contributed by atoms with Gasteiger partial charge in [-0.25, -0.2) is 4.98 Å². The average molecular weight is 477 g/mol. The maximum Gasteiger partial charge on any atom is 0.252 e. The van der Waals surface area contributed by atoms with Gasteiger partial charge in [0.15, 0.2) is 0 Å². The van der Waals surface area contributed by atoms with E-state index < -0.39 is 0 Å². The molecule has 0 atom stereocenters. The van der Waals surface area contributed by atoms with Crippen LogP contribution in [0.1, 0.15) is 48.3 Å². The fourth-order valence-electron chi connectivity index (χ4n) is 4.87. The van der Waals surface area contributed by atoms with Crippen molar-refractivity contribution >= 4 is 17.4 Å². The molecule has 1 N–H and O–H groups in total. The minimum Gasteiger partial charge on any atom is -0.355 e. The molecule has 0 spiro atoms. The van der Waals surface area contributed by atoms with Gasteiger partial charge in [0.25, 0.3) is 5.91 Å². The number of hydrogen-bond donors (Lipinski definition) is 1. The Labute approximate surface area is 209 Å². The lowest BCUT2D eigenvalue weighted by molar-refractivity contribution is 0.0908. The van der Waals surface area contributed by atoms with Gasteiger partial charge in [-0.2, -0.15) is 0 Å². The lowest BCUT2D eigenvalue weighted by Gasteiger charge is -2.32. The third-order valence-corrected chi connectivity index (χ3v) is 6.93. The maximum atomic E-state index is 13.2. The largest absolute Gasteiger partial charge is 0.355 e. The number of nitrogens with one attached hydrogen (secondary N) is 1. The van der Waals surface area contributed by atoms with Crippen LogP contribution in [-0.4, -0.2) is 78.0 Å². The Balaban J connectivity index is 1.43. The van der Waals surface area contributed by atoms with Crippen molar-refractivity contribution in [2.75, 3.05) is 51.7 Å². The van der Waals surface area contributed by atoms with E-state index in [1.54, 1.807) is 0 Å². The zero-order valence-corrected chi connectivity index (χ0v) is 21.7. The lowest BCUT2D eigenvalue weighted by Crippen LogP contribution is -2.44. The number of aromatic nitrogens is 2. The van der Waals surface area contributed by atoms with E-state index in [0.717, 1.165) is 75.7 Å². The predicted molar refractivity (Wildman–Crippen MR) is 143 cm³/mol. The molecule has 3 aromatic rings. The molecule has 1 fully saturated rings. The molecule has 1 aliphatic heterocycles. The molecule has 4 rings (SSSR count). The van der Waals surface area contributed by atoms with Crippen molar-refractivity contribution in [3.63, 3.8) is 0 Å². The van der Waals surface area contributed by atoms with Gasteiger partial charge in [-0.3, -0.25) is 14.1 Å². The minimum atomic E-state index is 0.00227. The van der Waals surface area contributed by atoms with Crippen LogP contribution >= 0.6 is 0 Å². The number of hydrogen-bond acceptors (Lipinski definition) is 5. The Morgan fingerprint density at radius 2 is 1.80 bits per heavy atom. The second-order valence-electron chi connectivity index (χ2n) is 9.77. The molecular weight excluding hydrogens is 436 g/mol. The second-order valence-corrected chi connectivity index (χ2v) is 9.77. The van der Waals surface area contributed by atoms with Crippen LogP contribution in [0.2, 0.25) is 0 Å². The van der Waals surface area contributed by atoms with Gasteiger partial charge in [0.1, 0.15) is 11.5 Å². The number of likely N-dealkylation sites (tertiary alicyclic amines) is 1. The SMILES string of the molecule is CCc1nc2ccc(C(=O)NC3CCN(Cc4ccccc4)CC3)cn2c1N(CC)CCN(C)C. The van der Waals surface area contributed by atoms with Crippen LogP contribution < -0.4 is 10.2 Å². The third-order valence-electron chi connectivity index (χ3n) is 6.93. The number of fused-ring (bicyclic) bond motifs is 1. The number of carbonyl (C=O) groups excluding carboxylic acids is 1. The smallest absolute Gasteiger partial charge is 0.252 e. The van der Waals surface area contributed by atoms with Crippen LogP contribution in [0.4, 0.5) is 5.82 Å². The summed E-state index contributed by atoms with van der Waals surface area (Å²) in [5.41, 5.74) is 4.01. The van der Waals surface area contributed by atoms with Crippen molar-refractivity contribution < 1.29 is 4.79 Å². The summed E-state index contributed by atoms with van der Waals surface area (Å²) in [5.74, 6) is 1.11. The van der Waals surface area contributed by atoms with Crippen molar-refractivity contribution in [3.8, 4) is 0 Å². The highest BCUT2D eigenvalue weighted by Gasteiger charge is 2.22. The van der Waals surface area contributed by atoms with Crippen LogP contribution in [0.15, 0.2) is 48.7 Å². The lowest BCUT2D eigenvalue weighted by atomic mass is 10.0. The first-order valence-corrected chi connectivity index (χ1v) is 13.0. The summed E-state index contributed by atoms with van der Waals surface area (Å²) in [6, 6.07) is 14.7. The number of nitrogens with zero attached hydrogens (tertiary/aromatic N) is 5. The molecule has 7 nitrogen and oxygen atoms in total. The number of benzene rings is 1. The normalized spacial score (nSPS) is 15.1. The van der Waals surface area contributed by atoms with Crippen molar-refractivity contribution in [2.45, 2.75) is 45.7 Å². The number of pyridine rings is 1. The molecule has 0 saturated carbocycles. The molecule has 1 amide bonds. The number of likely N-dealkylation sites (N-methyl/N-ethyl adjacent to an activating group) is 2. The summed E-state index contributed by atoms with van der Waals surface area (Å²) in [4.78, 5) is 25.1. The fraction of sp³-hybridized carbons (Fsp3) is 0.500. The third kappa shape index (κ3) is 6.21. The van der Waals surface area contributed by atoms with Gasteiger partial charge >= 0.3 is 0 Å². The van der Waals surface area contributed by atoms with E-state index >= 15 is 0 Å². The Bertz CT molecular complexity index is 1100. The van der Waals surface area contributed by atoms with Gasteiger partial charge in [-0.05, 0) is 58.0 Å². The molecule has 2 aromatic heterocycles. The van der Waals surface area contributed by atoms with Crippen LogP contribution in [0.3, 0.4) is 0 Å². The van der Waals surface area contributed by atoms with E-state index in [1.165, 1.54) is 5.56 Å². The molecular formula is C28H40N6O. The van der Waals surface area contributed by atoms with E-state index in [1.807, 2.05) is 18.3 Å². The summed E-state index contributed by atoms with van der Waals surface area (Å²) in [5, 5.41) is 3.29. The first-order valence-electron chi connectivity index (χ1n) is 13.0. The maximum absolute atomic E-state index is 13.2. The Hall–Kier alpha value is -2.90. The monoisotopic (exact) mass is 476 g/mol. The molecule has 0 radical (unpaired) electrons. The number of imidazole rings is 1. The van der Waals surface area contributed by atoms with Crippen molar-refractivity contribution in [3.05, 3.63) is 65.5 Å². The molecule has 7 heteroatoms. The summed E-state index contributed by atoms with van der Waals surface area (Å²) >= 11 is 0. The first-order chi connectivity index (χ1) is 17.0. The average Bonchev–Trinajstić information content (AvgIpc) is 3.24. The fourth-order valence-corrected chi connectivity index (χ4v) is 4.87. The van der Waals surface area contributed by atoms with Crippen molar-refractivity contribution in [1.29, 1.82) is 0 Å². The number of anilines is 1. The van der Waals surface area contributed by atoms with Gasteiger partial charge in [-0.15, -0.1) is 0 Å². The molecule has 0 aliphatic carbocycles. The van der Waals surface area contributed by atoms with Crippen LogP contribution in [0, 0.1) is 0 Å². The van der Waals surface area contributed by atoms with Crippen molar-refractivity contribution in [1.82, 2.24) is 24.5 Å². The predicted octanol–water partition coefficient (Wildman–Crippen LogP) is 3.68. The summed E-state index contributed by atoms with van der Waals surface area (Å²) < 4.78 is 2.11. The number of rotatable bonds is 10. The van der Waals surface area contributed by atoms with Gasteiger partial charge < -0.3 is 15.1 Å². The van der Waals surface area contributed by atoms with E-state index in [9.17, 15) is 4.79 Å². The number of amides is 1. The van der Waals surface area contributed by atoms with Gasteiger partial charge in [-0.1, -0.05) is 37.3 Å². The van der Waals surface area contributed by atoms with Gasteiger partial charge in [0, 0.05) is 51.5 Å². The van der Waals surface area contributed by atoms with Crippen LogP contribution in [-0.2, 0) is 13.0 Å². The zero-order valence-electron chi connectivity index (χ0n) is 21.7. The topological polar surface area (TPSA) is 56.1 Å². The second kappa shape index (κ2) is 11.7. The Kier molecular flexibility index (Phi) is 8.42. The quantitative estimate of drug-likeness (QED) is 0.484. The minimum absolute atomic E-state index is 0.00227. The summed E-state index contributed by atoms with van der Waals surface area (Å²) in [7, 11) is 4.19. The highest BCUT2D eigenvalue weighted by Crippen LogP contribution is 2.24. The molecule has 1 aliphatic rings. The van der Waals surface area contributed by atoms with E-state index in [-0.39, 0.29) is 11.9 Å². The molecule has 0 bridgehead atoms. The highest BCUT2D eigenvalue weighted by molar-refractivity contribution is 5.94. The Morgan fingerprint density at radius 3 is 2.46 bits per heavy atom. The Morgan fingerprint density at radius 1 is 1.06 bits per heavy atom. The summed E-state index contributed by atoms with van der Waals surface area (Å²) in [6.07, 6.45) is 4.78. The van der Waals surface area contributed by atoms with Gasteiger partial charge in [0.05, 0.1) is 11.3 Å². The highest BCUT2D eigenvalue weighted by atomic mass is 16.1. The zero-order chi connectivity index (χ0) is 24.8. The summed E-state index contributed by atoms with van der Waals surface area (Å²) in [6.45, 7) is 10.1. The molecule has 188 valence electrons. The van der Waals surface area contributed by atoms with Crippen molar-refractivity contribution in [2.24, 2.45) is 0 Å². The van der Waals surface area contributed by atoms with E-state index in [0.29, 0.717) is 5.56 Å². The van der Waals surface area contributed by atoms with E-state index in [4.69, 9.17) is 4.98 Å². The standard InChI is InChI=1S/C28H40N6O/c1-5-25-28(33(6-2)19-18-31(3)4)34-21-23(12-13-26(34)30-25)27(35)29-24-14-16-32(17-15-24)20-22-10-8-7-9-11-22/h7-13,21,24H,5-6,14-20H2,1-4H3,(H,29,35). The van der Waals surface area contributed by atoms with Crippen LogP contribution in [0.25, 0.3) is 5.65 Å².